The van der Waals surface area contributed by atoms with E-state index in [1.807, 2.05) is 65.0 Å². The number of hydrogen-bond donors (Lipinski definition) is 0. The Morgan fingerprint density at radius 3 is 2.41 bits per heavy atom. The molecule has 152 valence electrons. The van der Waals surface area contributed by atoms with E-state index in [0.29, 0.717) is 28.5 Å². The van der Waals surface area contributed by atoms with Crippen LogP contribution in [0.25, 0.3) is 5.57 Å². The van der Waals surface area contributed by atoms with Gasteiger partial charge in [0, 0.05) is 5.25 Å². The highest BCUT2D eigenvalue weighted by Crippen LogP contribution is 2.43. The Hall–Kier alpha value is -2.53. The average molecular weight is 410 g/mol. The summed E-state index contributed by atoms with van der Waals surface area (Å²) < 4.78 is 5.82. The molecule has 0 spiro atoms. The molecule has 4 nitrogen and oxygen atoms in total. The summed E-state index contributed by atoms with van der Waals surface area (Å²) in [5, 5.41) is 0.175. The number of nitrogens with zero attached hydrogens (tertiary/aromatic N) is 1. The van der Waals surface area contributed by atoms with E-state index in [1.165, 1.54) is 16.7 Å². The Morgan fingerprint density at radius 2 is 1.76 bits per heavy atom. The summed E-state index contributed by atoms with van der Waals surface area (Å²) in [6, 6.07) is 13.2. The molecule has 2 aromatic carbocycles. The van der Waals surface area contributed by atoms with Gasteiger partial charge < -0.3 is 4.74 Å². The Balaban J connectivity index is 2.12. The standard InChI is InChI=1S/C24H27NO3S/c1-6-13-28-20-10-8-7-9-19(20)25-23(26)21(22(24(25)27)29-15(2)3)18-12-11-16(4)14-17(18)5/h7-12,14-15H,6,13H2,1-5H3. The van der Waals surface area contributed by atoms with Crippen LogP contribution in [-0.2, 0) is 9.59 Å². The lowest BCUT2D eigenvalue weighted by Gasteiger charge is -2.19. The van der Waals surface area contributed by atoms with Gasteiger partial charge in [0.05, 0.1) is 22.8 Å². The zero-order valence-corrected chi connectivity index (χ0v) is 18.4. The molecule has 0 fully saturated rings. The number of imide groups is 1. The summed E-state index contributed by atoms with van der Waals surface area (Å²) in [4.78, 5) is 28.7. The fraction of sp³-hybridized carbons (Fsp3) is 0.333. The summed E-state index contributed by atoms with van der Waals surface area (Å²) in [7, 11) is 0. The molecular formula is C24H27NO3S. The normalized spacial score (nSPS) is 14.3. The Kier molecular flexibility index (Phi) is 6.48. The first-order valence-electron chi connectivity index (χ1n) is 9.94. The molecule has 0 unspecified atom stereocenters. The van der Waals surface area contributed by atoms with Crippen molar-refractivity contribution in [1.82, 2.24) is 0 Å². The van der Waals surface area contributed by atoms with Gasteiger partial charge in [-0.15, -0.1) is 11.8 Å². The number of benzene rings is 2. The first kappa shape index (κ1) is 21.2. The van der Waals surface area contributed by atoms with Gasteiger partial charge >= 0.3 is 0 Å². The maximum atomic E-state index is 13.6. The van der Waals surface area contributed by atoms with Crippen molar-refractivity contribution >= 4 is 34.8 Å². The quantitative estimate of drug-likeness (QED) is 0.565. The molecule has 2 aromatic rings. The number of aryl methyl sites for hydroxylation is 2. The van der Waals surface area contributed by atoms with E-state index in [0.717, 1.165) is 23.1 Å². The second-order valence-electron chi connectivity index (χ2n) is 7.45. The third-order valence-electron chi connectivity index (χ3n) is 4.61. The van der Waals surface area contributed by atoms with Crippen molar-refractivity contribution in [3.05, 3.63) is 64.1 Å². The predicted octanol–water partition coefficient (Wildman–Crippen LogP) is 5.52. The maximum absolute atomic E-state index is 13.6. The largest absolute Gasteiger partial charge is 0.491 e. The third-order valence-corrected chi connectivity index (χ3v) is 5.70. The van der Waals surface area contributed by atoms with Gasteiger partial charge in [-0.25, -0.2) is 4.90 Å². The van der Waals surface area contributed by atoms with Crippen LogP contribution in [0.15, 0.2) is 47.4 Å². The van der Waals surface area contributed by atoms with Gasteiger partial charge in [0.1, 0.15) is 5.75 Å². The molecule has 0 atom stereocenters. The first-order valence-corrected chi connectivity index (χ1v) is 10.8. The Bertz CT molecular complexity index is 978. The molecule has 5 heteroatoms. The molecule has 29 heavy (non-hydrogen) atoms. The van der Waals surface area contributed by atoms with E-state index in [2.05, 4.69) is 0 Å². The van der Waals surface area contributed by atoms with Crippen LogP contribution < -0.4 is 9.64 Å². The first-order chi connectivity index (χ1) is 13.8. The topological polar surface area (TPSA) is 46.6 Å². The van der Waals surface area contributed by atoms with Crippen molar-refractivity contribution in [2.24, 2.45) is 0 Å². The minimum atomic E-state index is -0.294. The van der Waals surface area contributed by atoms with Crippen molar-refractivity contribution in [1.29, 1.82) is 0 Å². The molecule has 0 bridgehead atoms. The summed E-state index contributed by atoms with van der Waals surface area (Å²) in [6.45, 7) is 10.6. The molecule has 0 radical (unpaired) electrons. The van der Waals surface area contributed by atoms with Crippen LogP contribution in [-0.4, -0.2) is 23.7 Å². The molecule has 1 aliphatic rings. The summed E-state index contributed by atoms with van der Waals surface area (Å²) in [5.74, 6) is -0.0271. The second kappa shape index (κ2) is 8.87. The van der Waals surface area contributed by atoms with E-state index in [9.17, 15) is 9.59 Å². The molecule has 0 aliphatic carbocycles. The van der Waals surface area contributed by atoms with Crippen LogP contribution in [0.5, 0.6) is 5.75 Å². The lowest BCUT2D eigenvalue weighted by molar-refractivity contribution is -0.119. The van der Waals surface area contributed by atoms with Crippen LogP contribution in [0.1, 0.15) is 43.9 Å². The summed E-state index contributed by atoms with van der Waals surface area (Å²) in [6.07, 6.45) is 0.844. The Morgan fingerprint density at radius 1 is 1.03 bits per heavy atom. The number of rotatable bonds is 7. The van der Waals surface area contributed by atoms with Gasteiger partial charge in [-0.1, -0.05) is 56.7 Å². The fourth-order valence-electron chi connectivity index (χ4n) is 3.38. The number of anilines is 1. The third kappa shape index (κ3) is 4.25. The number of para-hydroxylation sites is 2. The lowest BCUT2D eigenvalue weighted by atomic mass is 9.98. The van der Waals surface area contributed by atoms with Crippen molar-refractivity contribution in [3.63, 3.8) is 0 Å². The highest BCUT2D eigenvalue weighted by atomic mass is 32.2. The zero-order valence-electron chi connectivity index (χ0n) is 17.6. The van der Waals surface area contributed by atoms with Gasteiger partial charge in [-0.3, -0.25) is 9.59 Å². The highest BCUT2D eigenvalue weighted by molar-refractivity contribution is 8.04. The molecule has 0 aromatic heterocycles. The number of hydrogen-bond acceptors (Lipinski definition) is 4. The summed E-state index contributed by atoms with van der Waals surface area (Å²) >= 11 is 1.44. The average Bonchev–Trinajstić information content (AvgIpc) is 2.90. The van der Waals surface area contributed by atoms with Gasteiger partial charge in [0.25, 0.3) is 11.8 Å². The number of thioether (sulfide) groups is 1. The summed E-state index contributed by atoms with van der Waals surface area (Å²) in [5.41, 5.74) is 3.90. The van der Waals surface area contributed by atoms with E-state index >= 15 is 0 Å². The van der Waals surface area contributed by atoms with Gasteiger partial charge in [-0.2, -0.15) is 0 Å². The number of ether oxygens (including phenoxy) is 1. The van der Waals surface area contributed by atoms with Crippen LogP contribution >= 0.6 is 11.8 Å². The van der Waals surface area contributed by atoms with Crippen LogP contribution in [0.2, 0.25) is 0 Å². The molecule has 0 N–H and O–H groups in total. The molecule has 0 saturated carbocycles. The van der Waals surface area contributed by atoms with Crippen LogP contribution in [0.3, 0.4) is 0 Å². The number of amides is 2. The predicted molar refractivity (Wildman–Crippen MR) is 120 cm³/mol. The van der Waals surface area contributed by atoms with Crippen molar-refractivity contribution in [2.45, 2.75) is 46.3 Å². The smallest absolute Gasteiger partial charge is 0.272 e. The van der Waals surface area contributed by atoms with Crippen LogP contribution in [0.4, 0.5) is 5.69 Å². The molecular weight excluding hydrogens is 382 g/mol. The fourth-order valence-corrected chi connectivity index (χ4v) is 4.36. The minimum Gasteiger partial charge on any atom is -0.491 e. The minimum absolute atomic E-state index is 0.175. The van der Waals surface area contributed by atoms with Crippen LogP contribution in [0, 0.1) is 13.8 Å². The van der Waals surface area contributed by atoms with Crippen molar-refractivity contribution in [2.75, 3.05) is 11.5 Å². The Labute approximate surface area is 176 Å². The number of carbonyl (C=O) groups excluding carboxylic acids is 2. The molecule has 1 aliphatic heterocycles. The highest BCUT2D eigenvalue weighted by Gasteiger charge is 2.42. The van der Waals surface area contributed by atoms with E-state index in [4.69, 9.17) is 4.74 Å². The van der Waals surface area contributed by atoms with Crippen molar-refractivity contribution < 1.29 is 14.3 Å². The van der Waals surface area contributed by atoms with E-state index < -0.39 is 0 Å². The van der Waals surface area contributed by atoms with Gasteiger partial charge in [-0.05, 0) is 43.5 Å². The van der Waals surface area contributed by atoms with E-state index in [-0.39, 0.29) is 17.1 Å². The number of carbonyl (C=O) groups is 2. The second-order valence-corrected chi connectivity index (χ2v) is 9.04. The molecule has 0 saturated heterocycles. The molecule has 2 amide bonds. The molecule has 3 rings (SSSR count). The SMILES string of the molecule is CCCOc1ccccc1N1C(=O)C(SC(C)C)=C(c2ccc(C)cc2C)C1=O. The molecule has 1 heterocycles. The monoisotopic (exact) mass is 409 g/mol. The zero-order chi connectivity index (χ0) is 21.1. The lowest BCUT2D eigenvalue weighted by Crippen LogP contribution is -2.32. The van der Waals surface area contributed by atoms with Gasteiger partial charge in [0.15, 0.2) is 0 Å². The van der Waals surface area contributed by atoms with E-state index in [1.54, 1.807) is 12.1 Å². The van der Waals surface area contributed by atoms with Gasteiger partial charge in [0.2, 0.25) is 0 Å². The maximum Gasteiger partial charge on any atom is 0.272 e. The van der Waals surface area contributed by atoms with Crippen molar-refractivity contribution in [3.8, 4) is 5.75 Å².